The zero-order chi connectivity index (χ0) is 14.5. The predicted molar refractivity (Wildman–Crippen MR) is 69.8 cm³/mol. The van der Waals surface area contributed by atoms with Crippen molar-refractivity contribution in [3.63, 3.8) is 0 Å². The van der Waals surface area contributed by atoms with Crippen LogP contribution in [0.15, 0.2) is 36.4 Å². The van der Waals surface area contributed by atoms with Crippen molar-refractivity contribution in [2.24, 2.45) is 0 Å². The Hall–Kier alpha value is -2.76. The zero-order valence-corrected chi connectivity index (χ0v) is 10.5. The molecule has 0 saturated carbocycles. The summed E-state index contributed by atoms with van der Waals surface area (Å²) in [5, 5.41) is 18.3. The Kier molecular flexibility index (Phi) is 4.05. The van der Waals surface area contributed by atoms with Crippen LogP contribution in [0.1, 0.15) is 23.2 Å². The molecule has 0 bridgehead atoms. The maximum Gasteiger partial charge on any atom is 0.311 e. The number of benzene rings is 1. The average Bonchev–Trinajstić information content (AvgIpc) is 2.75. The molecular formula is C14H13NO5. The molecule has 20 heavy (non-hydrogen) atoms. The van der Waals surface area contributed by atoms with Gasteiger partial charge in [0.25, 0.3) is 0 Å². The van der Waals surface area contributed by atoms with Gasteiger partial charge in [0.15, 0.2) is 17.4 Å². The summed E-state index contributed by atoms with van der Waals surface area (Å²) in [6.07, 6.45) is -0.0981. The quantitative estimate of drug-likeness (QED) is 0.572. The molecule has 6 nitrogen and oxygen atoms in total. The molecule has 2 rings (SSSR count). The van der Waals surface area contributed by atoms with Gasteiger partial charge in [0.05, 0.1) is 6.42 Å². The van der Waals surface area contributed by atoms with Crippen LogP contribution in [-0.4, -0.2) is 26.9 Å². The van der Waals surface area contributed by atoms with Crippen LogP contribution in [-0.2, 0) is 4.79 Å². The minimum atomic E-state index is -0.663. The van der Waals surface area contributed by atoms with Gasteiger partial charge in [0.2, 0.25) is 5.88 Å². The van der Waals surface area contributed by atoms with Crippen molar-refractivity contribution in [2.45, 2.75) is 12.8 Å². The Balaban J connectivity index is 1.87. The van der Waals surface area contributed by atoms with Crippen LogP contribution in [0.25, 0.3) is 0 Å². The van der Waals surface area contributed by atoms with Gasteiger partial charge in [-0.25, -0.2) is 0 Å². The molecule has 6 heteroatoms. The number of H-pyrrole nitrogens is 1. The van der Waals surface area contributed by atoms with E-state index in [0.29, 0.717) is 5.56 Å². The number of aromatic hydroxyl groups is 2. The van der Waals surface area contributed by atoms with Crippen molar-refractivity contribution in [1.29, 1.82) is 0 Å². The maximum absolute atomic E-state index is 11.8. The van der Waals surface area contributed by atoms with E-state index in [-0.39, 0.29) is 30.3 Å². The first-order valence-corrected chi connectivity index (χ1v) is 5.96. The number of ether oxygens (including phenoxy) is 1. The lowest BCUT2D eigenvalue weighted by molar-refractivity contribution is -0.134. The lowest BCUT2D eigenvalue weighted by atomic mass is 10.1. The number of nitrogens with one attached hydrogen (secondary N) is 1. The molecule has 0 spiro atoms. The number of aromatic nitrogens is 1. The number of hydrogen-bond acceptors (Lipinski definition) is 5. The van der Waals surface area contributed by atoms with Gasteiger partial charge in [-0.2, -0.15) is 0 Å². The summed E-state index contributed by atoms with van der Waals surface area (Å²) in [4.78, 5) is 25.5. The third-order valence-electron chi connectivity index (χ3n) is 2.62. The normalized spacial score (nSPS) is 10.2. The van der Waals surface area contributed by atoms with Gasteiger partial charge in [-0.05, 0) is 0 Å². The van der Waals surface area contributed by atoms with E-state index in [1.165, 1.54) is 0 Å². The number of esters is 1. The van der Waals surface area contributed by atoms with E-state index < -0.39 is 11.8 Å². The summed E-state index contributed by atoms with van der Waals surface area (Å²) in [6, 6.07) is 9.70. The van der Waals surface area contributed by atoms with Crippen LogP contribution in [0, 0.1) is 0 Å². The number of carbonyl (C=O) groups excluding carboxylic acids is 2. The summed E-state index contributed by atoms with van der Waals surface area (Å²) in [7, 11) is 0. The van der Waals surface area contributed by atoms with Crippen molar-refractivity contribution in [3.8, 4) is 17.5 Å². The molecular weight excluding hydrogens is 262 g/mol. The molecule has 0 aliphatic carbocycles. The van der Waals surface area contributed by atoms with Crippen molar-refractivity contribution >= 4 is 11.8 Å². The molecule has 0 fully saturated rings. The molecule has 0 aliphatic heterocycles. The second kappa shape index (κ2) is 5.92. The monoisotopic (exact) mass is 275 g/mol. The van der Waals surface area contributed by atoms with Crippen molar-refractivity contribution < 1.29 is 24.5 Å². The lowest BCUT2D eigenvalue weighted by Gasteiger charge is -2.02. The van der Waals surface area contributed by atoms with Crippen molar-refractivity contribution in [1.82, 2.24) is 4.98 Å². The molecule has 1 heterocycles. The third-order valence-corrected chi connectivity index (χ3v) is 2.62. The number of aromatic amines is 1. The molecule has 2 aromatic rings. The van der Waals surface area contributed by atoms with Crippen LogP contribution in [0.3, 0.4) is 0 Å². The van der Waals surface area contributed by atoms with Gasteiger partial charge >= 0.3 is 5.97 Å². The molecule has 1 aromatic carbocycles. The molecule has 0 atom stereocenters. The van der Waals surface area contributed by atoms with Crippen LogP contribution < -0.4 is 4.74 Å². The van der Waals surface area contributed by atoms with Crippen molar-refractivity contribution in [2.75, 3.05) is 0 Å². The van der Waals surface area contributed by atoms with E-state index in [9.17, 15) is 14.7 Å². The first-order valence-electron chi connectivity index (χ1n) is 5.96. The maximum atomic E-state index is 11.8. The van der Waals surface area contributed by atoms with Crippen LogP contribution in [0.2, 0.25) is 0 Å². The standard InChI is InChI=1S/C14H13NO5/c16-10(9-4-2-1-3-5-9)6-7-13(18)20-11-8-12(17)15-14(11)19/h1-5,8,15,17,19H,6-7H2. The third kappa shape index (κ3) is 3.38. The van der Waals surface area contributed by atoms with E-state index in [4.69, 9.17) is 9.84 Å². The number of hydrogen-bond donors (Lipinski definition) is 3. The number of rotatable bonds is 5. The summed E-state index contributed by atoms with van der Waals surface area (Å²) >= 11 is 0. The number of Topliss-reactive ketones (excluding diaryl/α,β-unsaturated/α-hetero) is 1. The minimum absolute atomic E-state index is 0.0139. The summed E-state index contributed by atoms with van der Waals surface area (Å²) in [5.41, 5.74) is 0.530. The SMILES string of the molecule is O=C(CCC(=O)c1ccccc1)Oc1cc(O)[nH]c1O. The molecule has 0 unspecified atom stereocenters. The highest BCUT2D eigenvalue weighted by Crippen LogP contribution is 2.29. The van der Waals surface area contributed by atoms with Gasteiger partial charge in [0, 0.05) is 18.1 Å². The topological polar surface area (TPSA) is 99.6 Å². The molecule has 0 saturated heterocycles. The van der Waals surface area contributed by atoms with Gasteiger partial charge in [-0.1, -0.05) is 30.3 Å². The van der Waals surface area contributed by atoms with Crippen LogP contribution in [0.5, 0.6) is 17.5 Å². The second-order valence-corrected chi connectivity index (χ2v) is 4.13. The highest BCUT2D eigenvalue weighted by Gasteiger charge is 2.14. The van der Waals surface area contributed by atoms with E-state index in [1.807, 2.05) is 0 Å². The van der Waals surface area contributed by atoms with E-state index in [2.05, 4.69) is 4.98 Å². The Labute approximate surface area is 114 Å². The first-order chi connectivity index (χ1) is 9.56. The minimum Gasteiger partial charge on any atom is -0.494 e. The second-order valence-electron chi connectivity index (χ2n) is 4.13. The Morgan fingerprint density at radius 3 is 2.40 bits per heavy atom. The van der Waals surface area contributed by atoms with Gasteiger partial charge < -0.3 is 14.9 Å². The fourth-order valence-electron chi connectivity index (χ4n) is 1.65. The molecule has 3 N–H and O–H groups in total. The highest BCUT2D eigenvalue weighted by molar-refractivity contribution is 5.97. The number of ketones is 1. The fourth-order valence-corrected chi connectivity index (χ4v) is 1.65. The Morgan fingerprint density at radius 2 is 1.80 bits per heavy atom. The van der Waals surface area contributed by atoms with Gasteiger partial charge in [0.1, 0.15) is 0 Å². The smallest absolute Gasteiger partial charge is 0.311 e. The molecule has 0 radical (unpaired) electrons. The summed E-state index contributed by atoms with van der Waals surface area (Å²) < 4.78 is 4.82. The predicted octanol–water partition coefficient (Wildman–Crippen LogP) is 1.99. The van der Waals surface area contributed by atoms with E-state index in [0.717, 1.165) is 6.07 Å². The largest absolute Gasteiger partial charge is 0.494 e. The van der Waals surface area contributed by atoms with E-state index in [1.54, 1.807) is 30.3 Å². The molecule has 104 valence electrons. The Morgan fingerprint density at radius 1 is 1.10 bits per heavy atom. The summed E-state index contributed by atoms with van der Waals surface area (Å²) in [6.45, 7) is 0. The fraction of sp³-hybridized carbons (Fsp3) is 0.143. The lowest BCUT2D eigenvalue weighted by Crippen LogP contribution is -2.10. The zero-order valence-electron chi connectivity index (χ0n) is 10.5. The van der Waals surface area contributed by atoms with Gasteiger partial charge in [-0.3, -0.25) is 14.6 Å². The Bertz CT molecular complexity index is 618. The van der Waals surface area contributed by atoms with E-state index >= 15 is 0 Å². The molecule has 0 aliphatic rings. The van der Waals surface area contributed by atoms with Gasteiger partial charge in [-0.15, -0.1) is 0 Å². The summed E-state index contributed by atoms with van der Waals surface area (Å²) in [5.74, 6) is -1.75. The van der Waals surface area contributed by atoms with Crippen LogP contribution >= 0.6 is 0 Å². The molecule has 0 amide bonds. The highest BCUT2D eigenvalue weighted by atomic mass is 16.5. The van der Waals surface area contributed by atoms with Crippen molar-refractivity contribution in [3.05, 3.63) is 42.0 Å². The molecule has 1 aromatic heterocycles. The number of carbonyl (C=O) groups is 2. The van der Waals surface area contributed by atoms with Crippen LogP contribution in [0.4, 0.5) is 0 Å². The average molecular weight is 275 g/mol. The first kappa shape index (κ1) is 13.7.